The predicted molar refractivity (Wildman–Crippen MR) is 130 cm³/mol. The van der Waals surface area contributed by atoms with Gasteiger partial charge in [0, 0.05) is 37.0 Å². The molecule has 4 aromatic rings. The number of hydrogen-bond donors (Lipinski definition) is 1. The number of aryl methyl sites for hydroxylation is 2. The zero-order valence-electron chi connectivity index (χ0n) is 19.6. The van der Waals surface area contributed by atoms with E-state index in [1.54, 1.807) is 11.8 Å². The van der Waals surface area contributed by atoms with Crippen LogP contribution in [0.25, 0.3) is 22.7 Å². The van der Waals surface area contributed by atoms with Crippen LogP contribution in [0.5, 0.6) is 0 Å². The third-order valence-electron chi connectivity index (χ3n) is 6.30. The molecule has 1 aromatic carbocycles. The summed E-state index contributed by atoms with van der Waals surface area (Å²) >= 11 is 1.74. The van der Waals surface area contributed by atoms with Gasteiger partial charge in [-0.15, -0.1) is 10.2 Å². The molecule has 0 fully saturated rings. The Labute approximate surface area is 197 Å². The summed E-state index contributed by atoms with van der Waals surface area (Å²) < 4.78 is 13.4. The molecule has 1 unspecified atom stereocenters. The van der Waals surface area contributed by atoms with Gasteiger partial charge in [-0.1, -0.05) is 25.6 Å². The van der Waals surface area contributed by atoms with Crippen molar-refractivity contribution >= 4 is 28.5 Å². The number of nitrogens with zero attached hydrogens (tertiary/aromatic N) is 5. The number of fused-ring (bicyclic) bond motifs is 2. The topological polar surface area (TPSA) is 94.8 Å². The van der Waals surface area contributed by atoms with E-state index < -0.39 is 0 Å². The smallest absolute Gasteiger partial charge is 0.202 e. The van der Waals surface area contributed by atoms with Crippen molar-refractivity contribution in [3.8, 4) is 11.6 Å². The van der Waals surface area contributed by atoms with Crippen LogP contribution in [0.2, 0.25) is 0 Å². The van der Waals surface area contributed by atoms with E-state index in [1.807, 2.05) is 18.5 Å². The molecule has 0 bridgehead atoms. The van der Waals surface area contributed by atoms with Crippen LogP contribution in [0, 0.1) is 12.8 Å². The van der Waals surface area contributed by atoms with Gasteiger partial charge in [0.25, 0.3) is 0 Å². The number of aromatic nitrogens is 5. The highest BCUT2D eigenvalue weighted by Crippen LogP contribution is 2.32. The van der Waals surface area contributed by atoms with Crippen molar-refractivity contribution < 1.29 is 8.83 Å². The Balaban J connectivity index is 1.14. The third-order valence-corrected chi connectivity index (χ3v) is 7.40. The molecule has 0 aliphatic carbocycles. The molecule has 33 heavy (non-hydrogen) atoms. The first-order valence-electron chi connectivity index (χ1n) is 11.6. The molecule has 174 valence electrons. The first-order chi connectivity index (χ1) is 16.0. The fourth-order valence-corrected chi connectivity index (χ4v) is 5.18. The van der Waals surface area contributed by atoms with Crippen LogP contribution in [0.4, 0.5) is 5.69 Å². The first-order valence-corrected chi connectivity index (χ1v) is 12.6. The molecule has 0 saturated carbocycles. The fourth-order valence-electron chi connectivity index (χ4n) is 4.31. The number of nitrogens with one attached hydrogen (secondary N) is 1. The van der Waals surface area contributed by atoms with E-state index in [1.165, 1.54) is 30.5 Å². The average molecular weight is 467 g/mol. The lowest BCUT2D eigenvalue weighted by molar-refractivity contribution is 0.476. The van der Waals surface area contributed by atoms with Crippen molar-refractivity contribution in [1.29, 1.82) is 0 Å². The van der Waals surface area contributed by atoms with E-state index in [0.717, 1.165) is 58.8 Å². The van der Waals surface area contributed by atoms with Crippen molar-refractivity contribution in [3.63, 3.8) is 0 Å². The van der Waals surface area contributed by atoms with E-state index in [-0.39, 0.29) is 0 Å². The first kappa shape index (κ1) is 22.0. The summed E-state index contributed by atoms with van der Waals surface area (Å²) in [5.41, 5.74) is 5.21. The highest BCUT2D eigenvalue weighted by Gasteiger charge is 2.20. The Morgan fingerprint density at radius 2 is 2.15 bits per heavy atom. The molecule has 0 saturated heterocycles. The van der Waals surface area contributed by atoms with Gasteiger partial charge >= 0.3 is 0 Å². The van der Waals surface area contributed by atoms with Gasteiger partial charge in [0.05, 0.1) is 5.69 Å². The summed E-state index contributed by atoms with van der Waals surface area (Å²) in [6.45, 7) is 7.12. The van der Waals surface area contributed by atoms with Gasteiger partial charge in [-0.25, -0.2) is 9.97 Å². The zero-order valence-corrected chi connectivity index (χ0v) is 20.4. The maximum Gasteiger partial charge on any atom is 0.202 e. The number of rotatable bonds is 7. The molecule has 1 aliphatic heterocycles. The maximum absolute atomic E-state index is 5.95. The molecule has 1 N–H and O–H groups in total. The van der Waals surface area contributed by atoms with Crippen molar-refractivity contribution in [2.75, 3.05) is 17.6 Å². The zero-order chi connectivity index (χ0) is 22.9. The van der Waals surface area contributed by atoms with E-state index in [2.05, 4.69) is 51.5 Å². The Morgan fingerprint density at radius 3 is 2.94 bits per heavy atom. The summed E-state index contributed by atoms with van der Waals surface area (Å²) in [6, 6.07) is 4.33. The molecule has 1 atom stereocenters. The molecular formula is C24H30N6O2S. The lowest BCUT2D eigenvalue weighted by atomic mass is 9.97. The normalized spacial score (nSPS) is 16.2. The van der Waals surface area contributed by atoms with E-state index in [9.17, 15) is 0 Å². The summed E-state index contributed by atoms with van der Waals surface area (Å²) in [5.74, 6) is 4.18. The number of anilines is 1. The lowest BCUT2D eigenvalue weighted by Gasteiger charge is -2.14. The van der Waals surface area contributed by atoms with Gasteiger partial charge in [0.2, 0.25) is 5.82 Å². The number of benzene rings is 1. The molecule has 0 radical (unpaired) electrons. The van der Waals surface area contributed by atoms with Crippen LogP contribution >= 0.6 is 11.8 Å². The third kappa shape index (κ3) is 4.51. The summed E-state index contributed by atoms with van der Waals surface area (Å²) in [6.07, 6.45) is 6.03. The van der Waals surface area contributed by atoms with Gasteiger partial charge in [0.15, 0.2) is 28.8 Å². The second kappa shape index (κ2) is 9.21. The minimum absolute atomic E-state index is 0.298. The molecule has 1 aliphatic rings. The summed E-state index contributed by atoms with van der Waals surface area (Å²) in [4.78, 5) is 8.82. The van der Waals surface area contributed by atoms with Crippen LogP contribution in [-0.2, 0) is 13.5 Å². The van der Waals surface area contributed by atoms with Crippen LogP contribution in [0.15, 0.2) is 32.5 Å². The lowest BCUT2D eigenvalue weighted by Crippen LogP contribution is -2.12. The predicted octanol–water partition coefficient (Wildman–Crippen LogP) is 5.59. The Morgan fingerprint density at radius 1 is 1.27 bits per heavy atom. The van der Waals surface area contributed by atoms with Crippen molar-refractivity contribution in [1.82, 2.24) is 24.7 Å². The van der Waals surface area contributed by atoms with Gasteiger partial charge in [-0.3, -0.25) is 0 Å². The van der Waals surface area contributed by atoms with Gasteiger partial charge in [0.1, 0.15) is 5.52 Å². The van der Waals surface area contributed by atoms with Gasteiger partial charge < -0.3 is 18.7 Å². The SMILES string of the molecule is Cc1ncoc1-c1nnc(SCCCC2CCc3cc4nc(C(C)C)oc4cc3NC2)n1C. The molecular weight excluding hydrogens is 436 g/mol. The van der Waals surface area contributed by atoms with Crippen LogP contribution in [0.3, 0.4) is 0 Å². The van der Waals surface area contributed by atoms with E-state index >= 15 is 0 Å². The quantitative estimate of drug-likeness (QED) is 0.278. The van der Waals surface area contributed by atoms with Gasteiger partial charge in [-0.05, 0) is 50.2 Å². The summed E-state index contributed by atoms with van der Waals surface area (Å²) in [7, 11) is 1.97. The monoisotopic (exact) mass is 466 g/mol. The second-order valence-electron chi connectivity index (χ2n) is 9.09. The Kier molecular flexibility index (Phi) is 6.14. The molecule has 0 amide bonds. The molecule has 9 heteroatoms. The fraction of sp³-hybridized carbons (Fsp3) is 0.500. The largest absolute Gasteiger partial charge is 0.440 e. The molecule has 4 heterocycles. The van der Waals surface area contributed by atoms with Crippen LogP contribution in [-0.4, -0.2) is 37.0 Å². The van der Waals surface area contributed by atoms with Crippen LogP contribution < -0.4 is 5.32 Å². The summed E-state index contributed by atoms with van der Waals surface area (Å²) in [5, 5.41) is 13.2. The Bertz CT molecular complexity index is 1210. The highest BCUT2D eigenvalue weighted by molar-refractivity contribution is 7.99. The molecule has 5 rings (SSSR count). The number of oxazole rings is 2. The minimum Gasteiger partial charge on any atom is -0.440 e. The van der Waals surface area contributed by atoms with Gasteiger partial charge in [-0.2, -0.15) is 0 Å². The minimum atomic E-state index is 0.298. The van der Waals surface area contributed by atoms with E-state index in [4.69, 9.17) is 8.83 Å². The van der Waals surface area contributed by atoms with Crippen molar-refractivity contribution in [2.24, 2.45) is 13.0 Å². The molecule has 3 aromatic heterocycles. The highest BCUT2D eigenvalue weighted by atomic mass is 32.2. The van der Waals surface area contributed by atoms with E-state index in [0.29, 0.717) is 17.6 Å². The standard InChI is InChI=1S/C24H30N6O2S/c1-14(2)23-27-19-10-17-8-7-16(12-25-18(17)11-20(19)32-23)6-5-9-33-24-29-28-22(30(24)4)21-15(3)26-13-31-21/h10-11,13-14,16,25H,5-9,12H2,1-4H3. The Hall–Kier alpha value is -2.81. The average Bonchev–Trinajstić information content (AvgIpc) is 3.46. The van der Waals surface area contributed by atoms with Crippen LogP contribution in [0.1, 0.15) is 56.2 Å². The van der Waals surface area contributed by atoms with Crippen molar-refractivity contribution in [2.45, 2.75) is 57.5 Å². The maximum atomic E-state index is 5.95. The van der Waals surface area contributed by atoms with Crippen molar-refractivity contribution in [3.05, 3.63) is 35.7 Å². The molecule has 0 spiro atoms. The second-order valence-corrected chi connectivity index (χ2v) is 10.2. The number of thioether (sulfide) groups is 1. The number of hydrogen-bond acceptors (Lipinski definition) is 8. The molecule has 8 nitrogen and oxygen atoms in total.